The van der Waals surface area contributed by atoms with Gasteiger partial charge < -0.3 is 21.7 Å². The zero-order valence-electron chi connectivity index (χ0n) is 17.0. The maximum Gasteiger partial charge on any atom is 0.430 e. The van der Waals surface area contributed by atoms with Gasteiger partial charge in [0, 0.05) is 27.9 Å². The Kier molecular flexibility index (Phi) is 5.85. The molecule has 16 heteroatoms. The molecule has 0 atom stereocenters. The Morgan fingerprint density at radius 3 is 1.36 bits per heavy atom. The van der Waals surface area contributed by atoms with Gasteiger partial charge in [0.1, 0.15) is 0 Å². The SMILES string of the molecule is Nc1cc2c(N)c(C(O)(C(F)(F)F)C(F)(F)F)c3ccccc3c2cc1C(O)(C(F)(F)F)C(F)(F)F. The molecular formula is C20H12F12N2O2. The second kappa shape index (κ2) is 7.68. The largest absolute Gasteiger partial charge is 0.430 e. The number of anilines is 2. The Morgan fingerprint density at radius 1 is 0.528 bits per heavy atom. The summed E-state index contributed by atoms with van der Waals surface area (Å²) >= 11 is 0. The maximum absolute atomic E-state index is 13.6. The van der Waals surface area contributed by atoms with Crippen LogP contribution in [0.15, 0.2) is 36.4 Å². The van der Waals surface area contributed by atoms with Crippen molar-refractivity contribution in [3.63, 3.8) is 0 Å². The van der Waals surface area contributed by atoms with Crippen LogP contribution in [-0.4, -0.2) is 34.9 Å². The van der Waals surface area contributed by atoms with Gasteiger partial charge in [0.2, 0.25) is 0 Å². The predicted octanol–water partition coefficient (Wildman–Crippen LogP) is 5.78. The van der Waals surface area contributed by atoms with Crippen molar-refractivity contribution in [1.29, 1.82) is 0 Å². The van der Waals surface area contributed by atoms with E-state index in [0.29, 0.717) is 6.07 Å². The number of halogens is 12. The molecule has 6 N–H and O–H groups in total. The summed E-state index contributed by atoms with van der Waals surface area (Å²) in [5.74, 6) is 0. The highest BCUT2D eigenvalue weighted by molar-refractivity contribution is 6.16. The predicted molar refractivity (Wildman–Crippen MR) is 102 cm³/mol. The van der Waals surface area contributed by atoms with Crippen LogP contribution in [-0.2, 0) is 11.2 Å². The fourth-order valence-electron chi connectivity index (χ4n) is 3.89. The molecule has 0 bridgehead atoms. The minimum absolute atomic E-state index is 0.0222. The van der Waals surface area contributed by atoms with Crippen LogP contribution in [0.4, 0.5) is 64.1 Å². The van der Waals surface area contributed by atoms with Crippen LogP contribution in [0.1, 0.15) is 11.1 Å². The second-order valence-corrected chi connectivity index (χ2v) is 7.73. The van der Waals surface area contributed by atoms with Gasteiger partial charge in [-0.05, 0) is 28.3 Å². The van der Waals surface area contributed by atoms with Crippen molar-refractivity contribution in [1.82, 2.24) is 0 Å². The Morgan fingerprint density at radius 2 is 0.944 bits per heavy atom. The molecule has 4 nitrogen and oxygen atoms in total. The van der Waals surface area contributed by atoms with Gasteiger partial charge >= 0.3 is 24.7 Å². The molecule has 0 heterocycles. The highest BCUT2D eigenvalue weighted by Gasteiger charge is 2.73. The molecule has 0 saturated heterocycles. The fourth-order valence-corrected chi connectivity index (χ4v) is 3.89. The van der Waals surface area contributed by atoms with Crippen LogP contribution in [0.3, 0.4) is 0 Å². The zero-order chi connectivity index (χ0) is 27.9. The van der Waals surface area contributed by atoms with Crippen LogP contribution in [0.5, 0.6) is 0 Å². The minimum Gasteiger partial charge on any atom is -0.398 e. The van der Waals surface area contributed by atoms with E-state index in [-0.39, 0.29) is 12.1 Å². The molecule has 0 aliphatic rings. The van der Waals surface area contributed by atoms with E-state index in [0.717, 1.165) is 18.2 Å². The summed E-state index contributed by atoms with van der Waals surface area (Å²) in [5, 5.41) is 16.1. The molecule has 36 heavy (non-hydrogen) atoms. The quantitative estimate of drug-likeness (QED) is 0.188. The molecule has 198 valence electrons. The third kappa shape index (κ3) is 3.56. The third-order valence-electron chi connectivity index (χ3n) is 5.63. The van der Waals surface area contributed by atoms with Gasteiger partial charge in [-0.25, -0.2) is 0 Å². The van der Waals surface area contributed by atoms with E-state index >= 15 is 0 Å². The number of aliphatic hydroxyl groups is 2. The maximum atomic E-state index is 13.6. The van der Waals surface area contributed by atoms with E-state index in [1.807, 2.05) is 0 Å². The summed E-state index contributed by atoms with van der Waals surface area (Å²) in [5.41, 5.74) is -7.25. The third-order valence-corrected chi connectivity index (χ3v) is 5.63. The zero-order valence-corrected chi connectivity index (χ0v) is 17.0. The van der Waals surface area contributed by atoms with Crippen molar-refractivity contribution in [2.75, 3.05) is 11.5 Å². The highest BCUT2D eigenvalue weighted by atomic mass is 19.4. The van der Waals surface area contributed by atoms with Crippen LogP contribution in [0.2, 0.25) is 0 Å². The van der Waals surface area contributed by atoms with Crippen molar-refractivity contribution in [2.45, 2.75) is 35.9 Å². The van der Waals surface area contributed by atoms with Gasteiger partial charge in [-0.2, -0.15) is 52.7 Å². The molecule has 3 aromatic carbocycles. The normalized spacial score (nSPS) is 14.6. The summed E-state index contributed by atoms with van der Waals surface area (Å²) < 4.78 is 162. The van der Waals surface area contributed by atoms with Crippen LogP contribution < -0.4 is 11.5 Å². The van der Waals surface area contributed by atoms with E-state index in [2.05, 4.69) is 0 Å². The number of nitrogens with two attached hydrogens (primary N) is 2. The number of hydrogen-bond donors (Lipinski definition) is 4. The first-order valence-corrected chi connectivity index (χ1v) is 9.27. The lowest BCUT2D eigenvalue weighted by molar-refractivity contribution is -0.376. The van der Waals surface area contributed by atoms with Gasteiger partial charge in [-0.3, -0.25) is 0 Å². The molecule has 0 aromatic heterocycles. The standard InChI is InChI=1S/C20H12F12N2O2/c21-17(22,23)15(35,18(24,25)26)11-5-9-7-3-1-2-4-8(7)13(14(34)10(9)6-12(11)33)16(36,19(27,28)29)20(30,31)32/h1-6,35-36H,33-34H2. The molecule has 3 rings (SSSR count). The fraction of sp³-hybridized carbons (Fsp3) is 0.300. The molecular weight excluding hydrogens is 528 g/mol. The van der Waals surface area contributed by atoms with Gasteiger partial charge in [-0.1, -0.05) is 24.3 Å². The molecule has 0 amide bonds. The average Bonchev–Trinajstić information content (AvgIpc) is 2.69. The van der Waals surface area contributed by atoms with Crippen molar-refractivity contribution in [2.24, 2.45) is 0 Å². The van der Waals surface area contributed by atoms with E-state index in [1.165, 1.54) is 0 Å². The van der Waals surface area contributed by atoms with E-state index in [9.17, 15) is 62.9 Å². The molecule has 0 radical (unpaired) electrons. The first-order valence-electron chi connectivity index (χ1n) is 9.27. The van der Waals surface area contributed by atoms with Crippen molar-refractivity contribution in [3.8, 4) is 0 Å². The monoisotopic (exact) mass is 540 g/mol. The molecule has 0 saturated carbocycles. The summed E-state index contributed by atoms with van der Waals surface area (Å²) in [4.78, 5) is 0. The molecule has 0 aliphatic heterocycles. The number of rotatable bonds is 2. The Balaban J connectivity index is 2.62. The van der Waals surface area contributed by atoms with Crippen molar-refractivity contribution >= 4 is 32.9 Å². The van der Waals surface area contributed by atoms with Gasteiger partial charge in [-0.15, -0.1) is 0 Å². The van der Waals surface area contributed by atoms with Crippen LogP contribution >= 0.6 is 0 Å². The van der Waals surface area contributed by atoms with E-state index < -0.39 is 80.0 Å². The van der Waals surface area contributed by atoms with Crippen LogP contribution in [0, 0.1) is 0 Å². The molecule has 0 unspecified atom stereocenters. The van der Waals surface area contributed by atoms with Gasteiger partial charge in [0.15, 0.2) is 0 Å². The summed E-state index contributed by atoms with van der Waals surface area (Å²) in [6.07, 6.45) is -25.6. The minimum atomic E-state index is -6.42. The summed E-state index contributed by atoms with van der Waals surface area (Å²) in [6.45, 7) is 0. The second-order valence-electron chi connectivity index (χ2n) is 7.73. The molecule has 3 aromatic rings. The van der Waals surface area contributed by atoms with Crippen LogP contribution in [0.25, 0.3) is 21.5 Å². The summed E-state index contributed by atoms with van der Waals surface area (Å²) in [6, 6.07) is 3.44. The topological polar surface area (TPSA) is 92.5 Å². The first kappa shape index (κ1) is 27.4. The number of fused-ring (bicyclic) bond motifs is 3. The highest BCUT2D eigenvalue weighted by Crippen LogP contribution is 2.56. The lowest BCUT2D eigenvalue weighted by Crippen LogP contribution is -2.54. The van der Waals surface area contributed by atoms with Gasteiger partial charge in [0.25, 0.3) is 11.2 Å². The number of nitrogen functional groups attached to an aromatic ring is 2. The van der Waals surface area contributed by atoms with Crippen molar-refractivity contribution in [3.05, 3.63) is 47.5 Å². The summed E-state index contributed by atoms with van der Waals surface area (Å²) in [7, 11) is 0. The molecule has 0 aliphatic carbocycles. The van der Waals surface area contributed by atoms with E-state index in [4.69, 9.17) is 11.5 Å². The first-order chi connectivity index (χ1) is 16.0. The Hall–Kier alpha value is -3.14. The average molecular weight is 540 g/mol. The number of alkyl halides is 12. The molecule has 0 fully saturated rings. The molecule has 0 spiro atoms. The Labute approximate surface area is 191 Å². The lowest BCUT2D eigenvalue weighted by Gasteiger charge is -2.35. The number of benzene rings is 3. The van der Waals surface area contributed by atoms with Crippen molar-refractivity contribution < 1.29 is 62.9 Å². The lowest BCUT2D eigenvalue weighted by atomic mass is 9.82. The van der Waals surface area contributed by atoms with Gasteiger partial charge in [0.05, 0.1) is 0 Å². The van der Waals surface area contributed by atoms with E-state index in [1.54, 1.807) is 0 Å². The Bertz CT molecular complexity index is 1310. The number of hydrogen-bond acceptors (Lipinski definition) is 4. The smallest absolute Gasteiger partial charge is 0.398 e.